The third-order valence-electron chi connectivity index (χ3n) is 1.43. The zero-order valence-corrected chi connectivity index (χ0v) is 7.08. The maximum Gasteiger partial charge on any atom is 0.143 e. The lowest BCUT2D eigenvalue weighted by atomic mass is 10.3. The van der Waals surface area contributed by atoms with E-state index in [1.54, 1.807) is 19.3 Å². The molecule has 64 valence electrons. The van der Waals surface area contributed by atoms with Crippen molar-refractivity contribution in [1.82, 2.24) is 10.3 Å². The summed E-state index contributed by atoms with van der Waals surface area (Å²) in [5.74, 6) is 0.152. The van der Waals surface area contributed by atoms with Gasteiger partial charge in [-0.3, -0.25) is 9.78 Å². The van der Waals surface area contributed by atoms with Crippen molar-refractivity contribution in [3.8, 4) is 0 Å². The highest BCUT2D eigenvalue weighted by Gasteiger charge is 1.93. The van der Waals surface area contributed by atoms with E-state index in [2.05, 4.69) is 10.3 Å². The summed E-state index contributed by atoms with van der Waals surface area (Å²) in [7, 11) is 0. The first kappa shape index (κ1) is 8.87. The second-order valence-corrected chi connectivity index (χ2v) is 2.67. The van der Waals surface area contributed by atoms with Gasteiger partial charge in [0.15, 0.2) is 0 Å². The normalized spacial score (nSPS) is 9.75. The van der Waals surface area contributed by atoms with Gasteiger partial charge in [0.05, 0.1) is 6.54 Å². The Morgan fingerprint density at radius 3 is 3.08 bits per heavy atom. The molecule has 0 bridgehead atoms. The molecule has 12 heavy (non-hydrogen) atoms. The van der Waals surface area contributed by atoms with Crippen LogP contribution in [0.5, 0.6) is 0 Å². The van der Waals surface area contributed by atoms with Gasteiger partial charge in [0.1, 0.15) is 5.78 Å². The Morgan fingerprint density at radius 1 is 1.67 bits per heavy atom. The zero-order chi connectivity index (χ0) is 8.81. The average Bonchev–Trinajstić information content (AvgIpc) is 2.05. The molecular formula is C9H12N2O. The molecule has 1 rings (SSSR count). The number of carbonyl (C=O) groups excluding carboxylic acids is 1. The molecule has 0 amide bonds. The van der Waals surface area contributed by atoms with Crippen LogP contribution in [0.3, 0.4) is 0 Å². The first-order chi connectivity index (χ1) is 5.79. The molecule has 0 aliphatic carbocycles. The molecule has 0 spiro atoms. The van der Waals surface area contributed by atoms with Crippen molar-refractivity contribution in [3.05, 3.63) is 30.1 Å². The summed E-state index contributed by atoms with van der Waals surface area (Å²) >= 11 is 0. The number of nitrogens with one attached hydrogen (secondary N) is 1. The van der Waals surface area contributed by atoms with Crippen LogP contribution in [0.15, 0.2) is 24.5 Å². The second kappa shape index (κ2) is 4.62. The molecule has 0 unspecified atom stereocenters. The van der Waals surface area contributed by atoms with Crippen molar-refractivity contribution < 1.29 is 4.79 Å². The summed E-state index contributed by atoms with van der Waals surface area (Å²) in [6.45, 7) is 2.69. The van der Waals surface area contributed by atoms with Crippen LogP contribution in [-0.4, -0.2) is 17.3 Å². The van der Waals surface area contributed by atoms with Crippen molar-refractivity contribution in [3.63, 3.8) is 0 Å². The van der Waals surface area contributed by atoms with E-state index in [0.717, 1.165) is 5.56 Å². The van der Waals surface area contributed by atoms with E-state index in [1.165, 1.54) is 0 Å². The number of aromatic nitrogens is 1. The molecule has 1 aromatic heterocycles. The Hall–Kier alpha value is -1.22. The molecule has 0 saturated carbocycles. The van der Waals surface area contributed by atoms with Crippen LogP contribution in [0.2, 0.25) is 0 Å². The second-order valence-electron chi connectivity index (χ2n) is 2.67. The van der Waals surface area contributed by atoms with Crippen molar-refractivity contribution in [1.29, 1.82) is 0 Å². The molecule has 0 aliphatic rings. The first-order valence-corrected chi connectivity index (χ1v) is 3.88. The highest BCUT2D eigenvalue weighted by molar-refractivity contribution is 5.77. The molecule has 3 nitrogen and oxygen atoms in total. The minimum Gasteiger partial charge on any atom is -0.306 e. The lowest BCUT2D eigenvalue weighted by Gasteiger charge is -2.00. The Balaban J connectivity index is 2.29. The molecule has 0 aliphatic heterocycles. The lowest BCUT2D eigenvalue weighted by Crippen LogP contribution is -2.20. The van der Waals surface area contributed by atoms with Gasteiger partial charge >= 0.3 is 0 Å². The number of nitrogens with zero attached hydrogens (tertiary/aromatic N) is 1. The molecule has 0 saturated heterocycles. The lowest BCUT2D eigenvalue weighted by molar-refractivity contribution is -0.116. The van der Waals surface area contributed by atoms with Crippen LogP contribution in [0.25, 0.3) is 0 Å². The summed E-state index contributed by atoms with van der Waals surface area (Å²) in [5, 5.41) is 3.01. The number of pyridine rings is 1. The van der Waals surface area contributed by atoms with Gasteiger partial charge in [-0.25, -0.2) is 0 Å². The highest BCUT2D eigenvalue weighted by atomic mass is 16.1. The van der Waals surface area contributed by atoms with Crippen LogP contribution in [-0.2, 0) is 11.3 Å². The number of hydrogen-bond donors (Lipinski definition) is 1. The van der Waals surface area contributed by atoms with Gasteiger partial charge < -0.3 is 5.32 Å². The first-order valence-electron chi connectivity index (χ1n) is 3.88. The van der Waals surface area contributed by atoms with Gasteiger partial charge in [0.2, 0.25) is 0 Å². The predicted molar refractivity (Wildman–Crippen MR) is 46.6 cm³/mol. The van der Waals surface area contributed by atoms with Gasteiger partial charge in [-0.05, 0) is 18.6 Å². The number of ketones is 1. The van der Waals surface area contributed by atoms with Crippen LogP contribution in [0.4, 0.5) is 0 Å². The Bertz CT molecular complexity index is 246. The van der Waals surface area contributed by atoms with E-state index >= 15 is 0 Å². The smallest absolute Gasteiger partial charge is 0.143 e. The summed E-state index contributed by atoms with van der Waals surface area (Å²) in [4.78, 5) is 14.5. The fraction of sp³-hybridized carbons (Fsp3) is 0.333. The van der Waals surface area contributed by atoms with Crippen molar-refractivity contribution in [2.45, 2.75) is 13.5 Å². The monoisotopic (exact) mass is 164 g/mol. The molecule has 0 fully saturated rings. The Labute approximate surface area is 71.8 Å². The maximum absolute atomic E-state index is 10.6. The van der Waals surface area contributed by atoms with Gasteiger partial charge in [-0.15, -0.1) is 0 Å². The fourth-order valence-electron chi connectivity index (χ4n) is 0.886. The van der Waals surface area contributed by atoms with E-state index in [4.69, 9.17) is 0 Å². The number of hydrogen-bond acceptors (Lipinski definition) is 3. The minimum absolute atomic E-state index is 0.152. The Morgan fingerprint density at radius 2 is 2.50 bits per heavy atom. The van der Waals surface area contributed by atoms with E-state index in [9.17, 15) is 4.79 Å². The summed E-state index contributed by atoms with van der Waals surface area (Å²) < 4.78 is 0. The van der Waals surface area contributed by atoms with Crippen LogP contribution in [0, 0.1) is 0 Å². The topological polar surface area (TPSA) is 42.0 Å². The third kappa shape index (κ3) is 3.25. The van der Waals surface area contributed by atoms with Crippen LogP contribution >= 0.6 is 0 Å². The van der Waals surface area contributed by atoms with E-state index in [1.807, 2.05) is 12.1 Å². The highest BCUT2D eigenvalue weighted by Crippen LogP contribution is 1.93. The van der Waals surface area contributed by atoms with Crippen LogP contribution < -0.4 is 5.32 Å². The molecule has 0 atom stereocenters. The number of Topliss-reactive ketones (excluding diaryl/α,β-unsaturated/α-hetero) is 1. The van der Waals surface area contributed by atoms with Crippen molar-refractivity contribution >= 4 is 5.78 Å². The molecule has 0 radical (unpaired) electrons. The SMILES string of the molecule is CC(=O)CNCc1cccnc1. The number of carbonyl (C=O) groups is 1. The summed E-state index contributed by atoms with van der Waals surface area (Å²) in [6, 6.07) is 3.85. The van der Waals surface area contributed by atoms with Gasteiger partial charge in [-0.1, -0.05) is 6.07 Å². The summed E-state index contributed by atoms with van der Waals surface area (Å²) in [6.07, 6.45) is 3.52. The fourth-order valence-corrected chi connectivity index (χ4v) is 0.886. The largest absolute Gasteiger partial charge is 0.306 e. The Kier molecular flexibility index (Phi) is 3.41. The molecule has 1 N–H and O–H groups in total. The quantitative estimate of drug-likeness (QED) is 0.714. The van der Waals surface area contributed by atoms with Crippen LogP contribution in [0.1, 0.15) is 12.5 Å². The maximum atomic E-state index is 10.6. The van der Waals surface area contributed by atoms with E-state index in [-0.39, 0.29) is 5.78 Å². The van der Waals surface area contributed by atoms with E-state index < -0.39 is 0 Å². The van der Waals surface area contributed by atoms with Gasteiger partial charge in [0.25, 0.3) is 0 Å². The van der Waals surface area contributed by atoms with Crippen molar-refractivity contribution in [2.24, 2.45) is 0 Å². The number of rotatable bonds is 4. The van der Waals surface area contributed by atoms with Crippen molar-refractivity contribution in [2.75, 3.05) is 6.54 Å². The molecule has 3 heteroatoms. The third-order valence-corrected chi connectivity index (χ3v) is 1.43. The van der Waals surface area contributed by atoms with Gasteiger partial charge in [0, 0.05) is 18.9 Å². The average molecular weight is 164 g/mol. The summed E-state index contributed by atoms with van der Waals surface area (Å²) in [5.41, 5.74) is 1.10. The van der Waals surface area contributed by atoms with E-state index in [0.29, 0.717) is 13.1 Å². The zero-order valence-electron chi connectivity index (χ0n) is 7.08. The molecule has 1 heterocycles. The molecular weight excluding hydrogens is 152 g/mol. The minimum atomic E-state index is 0.152. The molecule has 1 aromatic rings. The standard InChI is InChI=1S/C9H12N2O/c1-8(12)5-11-7-9-3-2-4-10-6-9/h2-4,6,11H,5,7H2,1H3. The molecule has 0 aromatic carbocycles. The van der Waals surface area contributed by atoms with Gasteiger partial charge in [-0.2, -0.15) is 0 Å². The predicted octanol–water partition coefficient (Wildman–Crippen LogP) is 0.760.